The van der Waals surface area contributed by atoms with E-state index in [0.29, 0.717) is 16.5 Å². The summed E-state index contributed by atoms with van der Waals surface area (Å²) in [4.78, 5) is 12.0. The lowest BCUT2D eigenvalue weighted by atomic mass is 10.3. The van der Waals surface area contributed by atoms with Crippen molar-refractivity contribution in [2.45, 2.75) is 18.3 Å². The molecule has 0 bridgehead atoms. The van der Waals surface area contributed by atoms with E-state index in [1.54, 1.807) is 31.2 Å². The number of nitrogens with zero attached hydrogens (tertiary/aromatic N) is 2. The Balaban J connectivity index is 1.51. The largest absolute Gasteiger partial charge is 0.481 e. The number of benzene rings is 2. The van der Waals surface area contributed by atoms with Crippen LogP contribution in [0.4, 0.5) is 10.1 Å². The second-order valence-electron chi connectivity index (χ2n) is 5.47. The van der Waals surface area contributed by atoms with Gasteiger partial charge in [-0.1, -0.05) is 29.4 Å². The highest BCUT2D eigenvalue weighted by molar-refractivity contribution is 7.99. The molecular formula is C18H15ClFN3O3S. The van der Waals surface area contributed by atoms with Crippen molar-refractivity contribution in [3.63, 3.8) is 0 Å². The van der Waals surface area contributed by atoms with Gasteiger partial charge in [0.05, 0.1) is 5.75 Å². The van der Waals surface area contributed by atoms with Crippen molar-refractivity contribution in [3.8, 4) is 5.75 Å². The van der Waals surface area contributed by atoms with E-state index in [-0.39, 0.29) is 28.6 Å². The molecule has 0 spiro atoms. The summed E-state index contributed by atoms with van der Waals surface area (Å²) in [6.07, 6.45) is -0.516. The van der Waals surface area contributed by atoms with Gasteiger partial charge in [0.15, 0.2) is 6.10 Å². The molecule has 3 rings (SSSR count). The summed E-state index contributed by atoms with van der Waals surface area (Å²) >= 11 is 6.99. The number of anilines is 1. The Morgan fingerprint density at radius 3 is 2.81 bits per heavy atom. The molecule has 3 aromatic rings. The Kier molecular flexibility index (Phi) is 6.31. The lowest BCUT2D eigenvalue weighted by Gasteiger charge is -2.10. The van der Waals surface area contributed by atoms with Gasteiger partial charge in [0.2, 0.25) is 5.91 Å². The SMILES string of the molecule is C[C@@H](Oc1ccc(F)cc1)c1nnc(SCC(=O)Nc2cccc(Cl)c2)o1. The van der Waals surface area contributed by atoms with Crippen LogP contribution in [0.3, 0.4) is 0 Å². The summed E-state index contributed by atoms with van der Waals surface area (Å²) in [5.74, 6) is 0.274. The van der Waals surface area contributed by atoms with Crippen LogP contribution < -0.4 is 10.1 Å². The third-order valence-electron chi connectivity index (χ3n) is 3.33. The van der Waals surface area contributed by atoms with Crippen molar-refractivity contribution < 1.29 is 18.3 Å². The van der Waals surface area contributed by atoms with E-state index < -0.39 is 6.10 Å². The number of hydrogen-bond acceptors (Lipinski definition) is 6. The molecule has 6 nitrogen and oxygen atoms in total. The van der Waals surface area contributed by atoms with Crippen LogP contribution in [-0.4, -0.2) is 21.9 Å². The first-order valence-electron chi connectivity index (χ1n) is 7.93. The molecule has 9 heteroatoms. The topological polar surface area (TPSA) is 77.2 Å². The van der Waals surface area contributed by atoms with Crippen molar-refractivity contribution in [1.82, 2.24) is 10.2 Å². The van der Waals surface area contributed by atoms with Gasteiger partial charge in [0.25, 0.3) is 11.1 Å². The summed E-state index contributed by atoms with van der Waals surface area (Å²) < 4.78 is 24.0. The summed E-state index contributed by atoms with van der Waals surface area (Å²) in [6, 6.07) is 12.5. The second-order valence-corrected chi connectivity index (χ2v) is 6.83. The van der Waals surface area contributed by atoms with E-state index in [2.05, 4.69) is 15.5 Å². The lowest BCUT2D eigenvalue weighted by molar-refractivity contribution is -0.113. The number of hydrogen-bond donors (Lipinski definition) is 1. The lowest BCUT2D eigenvalue weighted by Crippen LogP contribution is -2.13. The maximum absolute atomic E-state index is 12.9. The van der Waals surface area contributed by atoms with Crippen molar-refractivity contribution in [2.75, 3.05) is 11.1 Å². The van der Waals surface area contributed by atoms with E-state index in [4.69, 9.17) is 20.8 Å². The van der Waals surface area contributed by atoms with Gasteiger partial charge in [0.1, 0.15) is 11.6 Å². The molecule has 1 amide bonds. The van der Waals surface area contributed by atoms with Crippen LogP contribution in [-0.2, 0) is 4.79 Å². The van der Waals surface area contributed by atoms with E-state index in [1.807, 2.05) is 0 Å². The Labute approximate surface area is 164 Å². The third-order valence-corrected chi connectivity index (χ3v) is 4.39. The molecule has 27 heavy (non-hydrogen) atoms. The van der Waals surface area contributed by atoms with E-state index in [1.165, 1.54) is 24.3 Å². The molecule has 0 aliphatic rings. The van der Waals surface area contributed by atoms with Crippen LogP contribution >= 0.6 is 23.4 Å². The first-order chi connectivity index (χ1) is 13.0. The summed E-state index contributed by atoms with van der Waals surface area (Å²) in [6.45, 7) is 1.73. The van der Waals surface area contributed by atoms with Crippen molar-refractivity contribution in [3.05, 3.63) is 65.3 Å². The summed E-state index contributed by atoms with van der Waals surface area (Å²) in [5, 5.41) is 11.3. The van der Waals surface area contributed by atoms with Crippen LogP contribution in [0.15, 0.2) is 58.2 Å². The standard InChI is InChI=1S/C18H15ClFN3O3S/c1-11(25-15-7-5-13(20)6-8-15)17-22-23-18(26-17)27-10-16(24)21-14-4-2-3-12(19)9-14/h2-9,11H,10H2,1H3,(H,21,24)/t11-/m1/s1. The zero-order valence-corrected chi connectivity index (χ0v) is 15.8. The number of amides is 1. The monoisotopic (exact) mass is 407 g/mol. The molecule has 0 fully saturated rings. The Morgan fingerprint density at radius 2 is 2.07 bits per heavy atom. The normalized spacial score (nSPS) is 11.8. The number of carbonyl (C=O) groups is 1. The molecule has 1 aromatic heterocycles. The molecule has 0 aliphatic carbocycles. The van der Waals surface area contributed by atoms with Gasteiger partial charge >= 0.3 is 0 Å². The minimum atomic E-state index is -0.516. The van der Waals surface area contributed by atoms with Crippen molar-refractivity contribution in [1.29, 1.82) is 0 Å². The smallest absolute Gasteiger partial charge is 0.277 e. The number of nitrogens with one attached hydrogen (secondary N) is 1. The minimum Gasteiger partial charge on any atom is -0.481 e. The van der Waals surface area contributed by atoms with Crippen LogP contribution in [0.1, 0.15) is 18.9 Å². The van der Waals surface area contributed by atoms with Crippen molar-refractivity contribution >= 4 is 35.0 Å². The van der Waals surface area contributed by atoms with Crippen LogP contribution in [0, 0.1) is 5.82 Å². The molecule has 0 saturated heterocycles. The Morgan fingerprint density at radius 1 is 1.30 bits per heavy atom. The number of carbonyl (C=O) groups excluding carboxylic acids is 1. The molecule has 2 aromatic carbocycles. The zero-order valence-electron chi connectivity index (χ0n) is 14.2. The Bertz CT molecular complexity index is 920. The Hall–Kier alpha value is -2.58. The molecule has 1 atom stereocenters. The molecule has 1 N–H and O–H groups in total. The highest BCUT2D eigenvalue weighted by Gasteiger charge is 2.17. The average Bonchev–Trinajstić information content (AvgIpc) is 3.11. The molecule has 0 unspecified atom stereocenters. The van der Waals surface area contributed by atoms with Gasteiger partial charge < -0.3 is 14.5 Å². The van der Waals surface area contributed by atoms with Gasteiger partial charge in [-0.25, -0.2) is 4.39 Å². The van der Waals surface area contributed by atoms with Crippen LogP contribution in [0.5, 0.6) is 5.75 Å². The molecular weight excluding hydrogens is 393 g/mol. The minimum absolute atomic E-state index is 0.0986. The van der Waals surface area contributed by atoms with Crippen LogP contribution in [0.25, 0.3) is 0 Å². The molecule has 0 radical (unpaired) electrons. The van der Waals surface area contributed by atoms with E-state index in [9.17, 15) is 9.18 Å². The van der Waals surface area contributed by atoms with Crippen LogP contribution in [0.2, 0.25) is 5.02 Å². The third kappa shape index (κ3) is 5.70. The first-order valence-corrected chi connectivity index (χ1v) is 9.30. The predicted octanol–water partition coefficient (Wildman–Crippen LogP) is 4.73. The van der Waals surface area contributed by atoms with Gasteiger partial charge in [-0.2, -0.15) is 0 Å². The fraction of sp³-hybridized carbons (Fsp3) is 0.167. The number of aromatic nitrogens is 2. The van der Waals surface area contributed by atoms with E-state index >= 15 is 0 Å². The van der Waals surface area contributed by atoms with Crippen molar-refractivity contribution in [2.24, 2.45) is 0 Å². The maximum Gasteiger partial charge on any atom is 0.277 e. The van der Waals surface area contributed by atoms with Gasteiger partial charge in [-0.15, -0.1) is 10.2 Å². The fourth-order valence-electron chi connectivity index (χ4n) is 2.10. The highest BCUT2D eigenvalue weighted by Crippen LogP contribution is 2.24. The second kappa shape index (κ2) is 8.88. The number of rotatable bonds is 7. The number of ether oxygens (including phenoxy) is 1. The summed E-state index contributed by atoms with van der Waals surface area (Å²) in [7, 11) is 0. The molecule has 0 aliphatic heterocycles. The van der Waals surface area contributed by atoms with E-state index in [0.717, 1.165) is 11.8 Å². The summed E-state index contributed by atoms with van der Waals surface area (Å²) in [5.41, 5.74) is 0.612. The average molecular weight is 408 g/mol. The van der Waals surface area contributed by atoms with Gasteiger partial charge in [-0.3, -0.25) is 4.79 Å². The molecule has 1 heterocycles. The molecule has 0 saturated carbocycles. The number of halogens is 2. The first kappa shape index (κ1) is 19.2. The fourth-order valence-corrected chi connectivity index (χ4v) is 2.86. The highest BCUT2D eigenvalue weighted by atomic mass is 35.5. The number of thioether (sulfide) groups is 1. The quantitative estimate of drug-likeness (QED) is 0.570. The zero-order chi connectivity index (χ0) is 19.2. The van der Waals surface area contributed by atoms with Gasteiger partial charge in [0, 0.05) is 10.7 Å². The van der Waals surface area contributed by atoms with Gasteiger partial charge in [-0.05, 0) is 49.4 Å². The maximum atomic E-state index is 12.9. The molecule has 140 valence electrons. The predicted molar refractivity (Wildman–Crippen MR) is 101 cm³/mol.